The zero-order chi connectivity index (χ0) is 16.6. The van der Waals surface area contributed by atoms with Crippen molar-refractivity contribution < 1.29 is 18.4 Å². The molecular weight excluding hydrogens is 335 g/mol. The zero-order valence-corrected chi connectivity index (χ0v) is 14.2. The first-order valence-corrected chi connectivity index (χ1v) is 8.80. The number of ketones is 1. The first kappa shape index (κ1) is 16.2. The molecule has 0 atom stereocenters. The largest absolute Gasteiger partial charge is 0.365 e. The highest BCUT2D eigenvalue weighted by Gasteiger charge is 2.43. The van der Waals surface area contributed by atoms with E-state index in [1.165, 1.54) is 14.2 Å². The van der Waals surface area contributed by atoms with Crippen LogP contribution in [0.5, 0.6) is 0 Å². The highest BCUT2D eigenvalue weighted by Crippen LogP contribution is 2.61. The molecule has 3 rings (SSSR count). The van der Waals surface area contributed by atoms with Crippen LogP contribution in [0.2, 0.25) is 5.02 Å². The number of halogens is 1. The molecule has 2 aromatic carbocycles. The van der Waals surface area contributed by atoms with Gasteiger partial charge in [-0.2, -0.15) is 0 Å². The number of fused-ring (bicyclic) bond motifs is 1. The summed E-state index contributed by atoms with van der Waals surface area (Å²) >= 11 is 6.09. The van der Waals surface area contributed by atoms with Gasteiger partial charge in [0.2, 0.25) is 5.78 Å². The molecule has 0 spiro atoms. The van der Waals surface area contributed by atoms with E-state index in [2.05, 4.69) is 0 Å². The molecule has 0 saturated heterocycles. The Balaban J connectivity index is 2.37. The molecule has 0 fully saturated rings. The van der Waals surface area contributed by atoms with Crippen molar-refractivity contribution in [1.29, 1.82) is 0 Å². The monoisotopic (exact) mass is 348 g/mol. The van der Waals surface area contributed by atoms with Crippen molar-refractivity contribution in [3.05, 3.63) is 75.6 Å². The van der Waals surface area contributed by atoms with Crippen molar-refractivity contribution in [2.75, 3.05) is 14.2 Å². The van der Waals surface area contributed by atoms with Gasteiger partial charge in [-0.25, -0.2) is 0 Å². The maximum atomic E-state index is 12.9. The Kier molecular flexibility index (Phi) is 4.26. The molecule has 0 bridgehead atoms. The number of carbonyl (C=O) groups is 1. The molecule has 6 heteroatoms. The third-order valence-electron chi connectivity index (χ3n) is 3.76. The lowest BCUT2D eigenvalue weighted by Gasteiger charge is -2.16. The topological polar surface area (TPSA) is 52.6 Å². The van der Waals surface area contributed by atoms with Gasteiger partial charge in [0.15, 0.2) is 0 Å². The zero-order valence-electron chi connectivity index (χ0n) is 12.6. The van der Waals surface area contributed by atoms with Gasteiger partial charge in [0, 0.05) is 30.4 Å². The summed E-state index contributed by atoms with van der Waals surface area (Å²) in [4.78, 5) is 12.8. The second-order valence-electron chi connectivity index (χ2n) is 4.97. The molecule has 0 aromatic heterocycles. The van der Waals surface area contributed by atoms with Gasteiger partial charge in [-0.15, -0.1) is 0 Å². The molecule has 0 amide bonds. The van der Waals surface area contributed by atoms with Gasteiger partial charge in [-0.05, 0) is 29.3 Å². The van der Waals surface area contributed by atoms with Gasteiger partial charge in [0.25, 0.3) is 0 Å². The van der Waals surface area contributed by atoms with Crippen molar-refractivity contribution >= 4 is 30.6 Å². The van der Waals surface area contributed by atoms with Gasteiger partial charge in [0.05, 0.1) is 0 Å². The van der Waals surface area contributed by atoms with Crippen LogP contribution < -0.4 is 0 Å². The van der Waals surface area contributed by atoms with Gasteiger partial charge in [-0.1, -0.05) is 41.9 Å². The summed E-state index contributed by atoms with van der Waals surface area (Å²) in [7, 11) is -1.18. The van der Waals surface area contributed by atoms with Crippen LogP contribution in [-0.4, -0.2) is 20.0 Å². The van der Waals surface area contributed by atoms with Crippen LogP contribution in [0.3, 0.4) is 0 Å². The van der Waals surface area contributed by atoms with E-state index in [4.69, 9.17) is 20.6 Å². The minimum absolute atomic E-state index is 0.0472. The molecule has 0 N–H and O–H groups in total. The highest BCUT2D eigenvalue weighted by atomic mass is 35.5. The number of Topliss-reactive ketones (excluding diaryl/α,β-unsaturated/α-hetero) is 1. The summed E-state index contributed by atoms with van der Waals surface area (Å²) in [6.07, 6.45) is 0. The Morgan fingerprint density at radius 2 is 1.61 bits per heavy atom. The van der Waals surface area contributed by atoms with Crippen molar-refractivity contribution in [2.24, 2.45) is 0 Å². The Morgan fingerprint density at radius 1 is 0.957 bits per heavy atom. The highest BCUT2D eigenvalue weighted by molar-refractivity contribution is 7.60. The summed E-state index contributed by atoms with van der Waals surface area (Å²) < 4.78 is 23.1. The normalized spacial score (nSPS) is 14.3. The summed E-state index contributed by atoms with van der Waals surface area (Å²) in [5.41, 5.74) is 2.38. The number of rotatable bonds is 4. The second-order valence-corrected chi connectivity index (χ2v) is 7.58. The van der Waals surface area contributed by atoms with Gasteiger partial charge in [0.1, 0.15) is 5.31 Å². The average molecular weight is 349 g/mol. The van der Waals surface area contributed by atoms with Crippen LogP contribution in [-0.2, 0) is 13.6 Å². The fourth-order valence-corrected chi connectivity index (χ4v) is 4.28. The third kappa shape index (κ3) is 2.58. The fourth-order valence-electron chi connectivity index (χ4n) is 2.71. The third-order valence-corrected chi connectivity index (χ3v) is 5.94. The Hall–Kier alpha value is -1.71. The lowest BCUT2D eigenvalue weighted by molar-refractivity contribution is 0.104. The van der Waals surface area contributed by atoms with Crippen molar-refractivity contribution in [2.45, 2.75) is 0 Å². The molecule has 0 radical (unpaired) electrons. The van der Waals surface area contributed by atoms with E-state index in [0.717, 1.165) is 5.56 Å². The predicted molar refractivity (Wildman–Crippen MR) is 89.9 cm³/mol. The number of carbonyl (C=O) groups excluding carboxylic acids is 1. The average Bonchev–Trinajstić information content (AvgIpc) is 2.87. The lowest BCUT2D eigenvalue weighted by atomic mass is 9.99. The van der Waals surface area contributed by atoms with E-state index in [9.17, 15) is 9.36 Å². The van der Waals surface area contributed by atoms with E-state index < -0.39 is 7.60 Å². The van der Waals surface area contributed by atoms with E-state index in [-0.39, 0.29) is 11.1 Å². The van der Waals surface area contributed by atoms with Crippen LogP contribution >= 0.6 is 19.2 Å². The Bertz CT molecular complexity index is 850. The summed E-state index contributed by atoms with van der Waals surface area (Å²) in [6, 6.07) is 14.2. The first-order chi connectivity index (χ1) is 11.0. The number of hydrogen-bond donors (Lipinski definition) is 0. The SMILES string of the molecule is COP(=O)(OC)C1=C(c2ccccc2)c2cc(Cl)ccc2C1=O. The molecule has 118 valence electrons. The van der Waals surface area contributed by atoms with Crippen molar-refractivity contribution in [3.8, 4) is 0 Å². The minimum atomic E-state index is -3.72. The fraction of sp³-hybridized carbons (Fsp3) is 0.118. The molecule has 0 heterocycles. The standard InChI is InChI=1S/C17H14ClO4P/c1-21-23(20,22-2)17-15(11-6-4-3-5-7-11)14-10-12(18)8-9-13(14)16(17)19/h3-10H,1-2H3. The molecule has 0 unspecified atom stereocenters. The number of benzene rings is 2. The molecular formula is C17H14ClO4P. The summed E-state index contributed by atoms with van der Waals surface area (Å²) in [5, 5.41) is 0.543. The summed E-state index contributed by atoms with van der Waals surface area (Å²) in [6.45, 7) is 0. The lowest BCUT2D eigenvalue weighted by Crippen LogP contribution is -2.03. The molecule has 1 aliphatic carbocycles. The molecule has 4 nitrogen and oxygen atoms in total. The number of allylic oxidation sites excluding steroid dienone is 1. The van der Waals surface area contributed by atoms with E-state index in [1.807, 2.05) is 30.3 Å². The predicted octanol–water partition coefficient (Wildman–Crippen LogP) is 4.78. The van der Waals surface area contributed by atoms with Crippen LogP contribution in [0.25, 0.3) is 5.57 Å². The molecule has 2 aromatic rings. The molecule has 1 aliphatic rings. The van der Waals surface area contributed by atoms with E-state index >= 15 is 0 Å². The van der Waals surface area contributed by atoms with E-state index in [0.29, 0.717) is 21.7 Å². The van der Waals surface area contributed by atoms with Crippen LogP contribution in [0.15, 0.2) is 53.8 Å². The molecule has 0 aliphatic heterocycles. The van der Waals surface area contributed by atoms with Crippen LogP contribution in [0.1, 0.15) is 21.5 Å². The summed E-state index contributed by atoms with van der Waals surface area (Å²) in [5.74, 6) is -0.359. The quantitative estimate of drug-likeness (QED) is 0.746. The maximum absolute atomic E-state index is 12.9. The van der Waals surface area contributed by atoms with Gasteiger partial charge < -0.3 is 9.05 Å². The van der Waals surface area contributed by atoms with Crippen LogP contribution in [0.4, 0.5) is 0 Å². The van der Waals surface area contributed by atoms with Crippen molar-refractivity contribution in [3.63, 3.8) is 0 Å². The number of hydrogen-bond acceptors (Lipinski definition) is 4. The second kappa shape index (κ2) is 6.06. The molecule has 23 heavy (non-hydrogen) atoms. The van der Waals surface area contributed by atoms with Crippen molar-refractivity contribution in [1.82, 2.24) is 0 Å². The first-order valence-electron chi connectivity index (χ1n) is 6.88. The van der Waals surface area contributed by atoms with Crippen LogP contribution in [0, 0.1) is 0 Å². The van der Waals surface area contributed by atoms with Gasteiger partial charge in [-0.3, -0.25) is 9.36 Å². The molecule has 0 saturated carbocycles. The van der Waals surface area contributed by atoms with E-state index in [1.54, 1.807) is 18.2 Å². The van der Waals surface area contributed by atoms with Gasteiger partial charge >= 0.3 is 7.60 Å². The Labute approximate surface area is 139 Å². The minimum Gasteiger partial charge on any atom is -0.308 e. The smallest absolute Gasteiger partial charge is 0.308 e. The maximum Gasteiger partial charge on any atom is 0.365 e. The Morgan fingerprint density at radius 3 is 2.22 bits per heavy atom.